The van der Waals surface area contributed by atoms with Crippen LogP contribution in [0.1, 0.15) is 25.1 Å². The first-order valence-electron chi connectivity index (χ1n) is 8.73. The van der Waals surface area contributed by atoms with Crippen LogP contribution < -0.4 is 10.9 Å². The van der Waals surface area contributed by atoms with Gasteiger partial charge in [0.25, 0.3) is 5.56 Å². The van der Waals surface area contributed by atoms with Gasteiger partial charge in [0.05, 0.1) is 12.6 Å². The maximum Gasteiger partial charge on any atom is 0.256 e. The number of ketones is 1. The molecule has 0 amide bonds. The summed E-state index contributed by atoms with van der Waals surface area (Å²) in [4.78, 5) is 25.7. The summed E-state index contributed by atoms with van der Waals surface area (Å²) in [5.74, 6) is -0.0455. The lowest BCUT2D eigenvalue weighted by molar-refractivity contribution is -0.116. The molecule has 0 spiro atoms. The second-order valence-electron chi connectivity index (χ2n) is 7.62. The molecule has 1 aromatic heterocycles. The van der Waals surface area contributed by atoms with Gasteiger partial charge in [-0.05, 0) is 45.1 Å². The van der Waals surface area contributed by atoms with E-state index in [4.69, 9.17) is 17.0 Å². The van der Waals surface area contributed by atoms with E-state index in [1.165, 1.54) is 17.7 Å². The van der Waals surface area contributed by atoms with Crippen LogP contribution in [0.3, 0.4) is 0 Å². The molecule has 1 unspecified atom stereocenters. The molecule has 2 heterocycles. The maximum atomic E-state index is 12.1. The number of rotatable bonds is 8. The number of nitrogens with zero attached hydrogens (tertiary/aromatic N) is 1. The van der Waals surface area contributed by atoms with Crippen molar-refractivity contribution in [3.63, 3.8) is 0 Å². The van der Waals surface area contributed by atoms with E-state index in [1.807, 2.05) is 0 Å². The molecule has 8 nitrogen and oxygen atoms in total. The summed E-state index contributed by atoms with van der Waals surface area (Å²) < 4.78 is 7.41. The Balaban J connectivity index is 2.21. The summed E-state index contributed by atoms with van der Waals surface area (Å²) in [7, 11) is 0. The Kier molecular flexibility index (Phi) is 7.35. The molecule has 1 fully saturated rings. The average Bonchev–Trinajstić information content (AvgIpc) is 2.82. The van der Waals surface area contributed by atoms with Gasteiger partial charge in [0.1, 0.15) is 18.0 Å². The highest BCUT2D eigenvalue weighted by molar-refractivity contribution is 7.72. The minimum Gasteiger partial charge on any atom is -0.388 e. The third-order valence-corrected chi connectivity index (χ3v) is 6.14. The van der Waals surface area contributed by atoms with E-state index < -0.39 is 31.4 Å². The van der Waals surface area contributed by atoms with Crippen molar-refractivity contribution >= 4 is 31.2 Å². The van der Waals surface area contributed by atoms with Crippen LogP contribution in [-0.2, 0) is 16.1 Å². The normalized spacial score (nSPS) is 25.7. The number of carbonyl (C=O) groups excluding carboxylic acids is 1. The average molecular weight is 417 g/mol. The number of aromatic nitrogens is 2. The van der Waals surface area contributed by atoms with Gasteiger partial charge in [0.15, 0.2) is 11.0 Å². The van der Waals surface area contributed by atoms with Crippen LogP contribution in [0.15, 0.2) is 11.0 Å². The summed E-state index contributed by atoms with van der Waals surface area (Å²) in [5.41, 5.74) is -0.0242. The van der Waals surface area contributed by atoms with Gasteiger partial charge in [0.2, 0.25) is 0 Å². The topological polar surface area (TPSA) is 117 Å². The van der Waals surface area contributed by atoms with Crippen LogP contribution in [0, 0.1) is 4.77 Å². The van der Waals surface area contributed by atoms with Gasteiger partial charge in [-0.15, -0.1) is 13.2 Å². The van der Waals surface area contributed by atoms with Crippen LogP contribution in [0.5, 0.6) is 0 Å². The molecule has 152 valence electrons. The number of hydrogen-bond acceptors (Lipinski definition) is 7. The van der Waals surface area contributed by atoms with Crippen LogP contribution in [0.4, 0.5) is 0 Å². The van der Waals surface area contributed by atoms with Crippen LogP contribution >= 0.6 is 19.1 Å². The lowest BCUT2D eigenvalue weighted by atomic mass is 10.1. The van der Waals surface area contributed by atoms with Crippen LogP contribution in [0.25, 0.3) is 0 Å². The van der Waals surface area contributed by atoms with Gasteiger partial charge in [-0.3, -0.25) is 19.1 Å². The number of carbonyl (C=O) groups is 1. The number of ether oxygens (including phenoxy) is 1. The fourth-order valence-corrected chi connectivity index (χ4v) is 4.09. The summed E-state index contributed by atoms with van der Waals surface area (Å²) in [6, 6.07) is 0. The molecule has 4 N–H and O–H groups in total. The number of aromatic amines is 1. The Morgan fingerprint density at radius 3 is 2.70 bits per heavy atom. The summed E-state index contributed by atoms with van der Waals surface area (Å²) in [6.45, 7) is 4.67. The van der Waals surface area contributed by atoms with Crippen molar-refractivity contribution in [1.82, 2.24) is 14.9 Å². The predicted molar refractivity (Wildman–Crippen MR) is 110 cm³/mol. The van der Waals surface area contributed by atoms with E-state index in [2.05, 4.69) is 29.9 Å². The van der Waals surface area contributed by atoms with Gasteiger partial charge in [0, 0.05) is 18.3 Å². The zero-order valence-electron chi connectivity index (χ0n) is 15.8. The van der Waals surface area contributed by atoms with Gasteiger partial charge in [-0.1, -0.05) is 0 Å². The lowest BCUT2D eigenvalue weighted by Crippen LogP contribution is -2.33. The first-order valence-corrected chi connectivity index (χ1v) is 12.2. The van der Waals surface area contributed by atoms with Crippen molar-refractivity contribution < 1.29 is 19.7 Å². The summed E-state index contributed by atoms with van der Waals surface area (Å²) >= 11 is 5.20. The molecule has 4 atom stereocenters. The maximum absolute atomic E-state index is 12.1. The molecule has 27 heavy (non-hydrogen) atoms. The number of Topliss-reactive ketones (excluding diaryl/α,β-unsaturated/α-hetero) is 1. The van der Waals surface area contributed by atoms with Gasteiger partial charge >= 0.3 is 0 Å². The SMILES string of the molecule is C=P(C)(C)CC[C@H]1O[C@@H](n2cc(CNCC(C)=O)c(=O)[nH]c2=S)C(O)[C@@H]1O. The quantitative estimate of drug-likeness (QED) is 0.355. The predicted octanol–water partition coefficient (Wildman–Crippen LogP) is 0.303. The van der Waals surface area contributed by atoms with E-state index in [1.54, 1.807) is 0 Å². The third kappa shape index (κ3) is 5.94. The molecule has 1 aliphatic heterocycles. The zero-order chi connectivity index (χ0) is 20.4. The Labute approximate surface area is 163 Å². The van der Waals surface area contributed by atoms with Crippen molar-refractivity contribution in [3.8, 4) is 0 Å². The fourth-order valence-electron chi connectivity index (χ4n) is 2.89. The molecule has 0 saturated carbocycles. The Morgan fingerprint density at radius 1 is 1.44 bits per heavy atom. The van der Waals surface area contributed by atoms with Crippen molar-refractivity contribution in [2.75, 3.05) is 26.0 Å². The standard InChI is InChI=1S/C17H28N3O5PS/c1-10(21)7-18-8-11-9-20(17(27)19-15(11)24)16-14(23)13(22)12(25-16)5-6-26(2,3)4/h9,12-14,16,18,22-23H,2,5-8H2,1,3-4H3,(H,19,24,27)/t12-,13-,14?,16-/m1/s1. The molecule has 1 saturated heterocycles. The van der Waals surface area contributed by atoms with Crippen LogP contribution in [0.2, 0.25) is 0 Å². The first kappa shape index (κ1) is 22.2. The summed E-state index contributed by atoms with van der Waals surface area (Å²) in [5, 5.41) is 23.7. The molecule has 2 rings (SSSR count). The van der Waals surface area contributed by atoms with E-state index >= 15 is 0 Å². The van der Waals surface area contributed by atoms with Crippen molar-refractivity contribution in [2.24, 2.45) is 0 Å². The van der Waals surface area contributed by atoms with E-state index in [-0.39, 0.29) is 29.2 Å². The minimum atomic E-state index is -1.28. The first-order chi connectivity index (χ1) is 12.5. The Bertz CT molecular complexity index is 846. The highest BCUT2D eigenvalue weighted by Gasteiger charge is 2.43. The van der Waals surface area contributed by atoms with E-state index in [0.29, 0.717) is 12.0 Å². The molecular weight excluding hydrogens is 389 g/mol. The van der Waals surface area contributed by atoms with Crippen LogP contribution in [-0.4, -0.2) is 76.2 Å². The largest absolute Gasteiger partial charge is 0.388 e. The lowest BCUT2D eigenvalue weighted by Gasteiger charge is -2.20. The van der Waals surface area contributed by atoms with Crippen molar-refractivity contribution in [2.45, 2.75) is 44.4 Å². The second-order valence-corrected chi connectivity index (χ2v) is 12.3. The molecule has 1 aliphatic rings. The molecule has 1 aromatic rings. The minimum absolute atomic E-state index is 0.0455. The summed E-state index contributed by atoms with van der Waals surface area (Å²) in [6.07, 6.45) is 3.41. The number of nitrogens with one attached hydrogen (secondary N) is 2. The number of hydrogen-bond donors (Lipinski definition) is 4. The zero-order valence-corrected chi connectivity index (χ0v) is 17.6. The Hall–Kier alpha value is -1.09. The Morgan fingerprint density at radius 2 is 2.11 bits per heavy atom. The molecule has 0 aromatic carbocycles. The van der Waals surface area contributed by atoms with Gasteiger partial charge in [-0.25, -0.2) is 0 Å². The fraction of sp³-hybridized carbons (Fsp3) is 0.647. The molecule has 10 heteroatoms. The number of aliphatic hydroxyl groups is 2. The highest BCUT2D eigenvalue weighted by Crippen LogP contribution is 2.39. The monoisotopic (exact) mass is 417 g/mol. The smallest absolute Gasteiger partial charge is 0.256 e. The van der Waals surface area contributed by atoms with Crippen molar-refractivity contribution in [3.05, 3.63) is 26.9 Å². The number of H-pyrrole nitrogens is 1. The molecule has 0 aliphatic carbocycles. The molecule has 0 radical (unpaired) electrons. The third-order valence-electron chi connectivity index (χ3n) is 4.36. The van der Waals surface area contributed by atoms with E-state index in [0.717, 1.165) is 6.16 Å². The highest BCUT2D eigenvalue weighted by atomic mass is 32.1. The number of aliphatic hydroxyl groups excluding tert-OH is 2. The van der Waals surface area contributed by atoms with E-state index in [9.17, 15) is 19.8 Å². The second kappa shape index (κ2) is 8.94. The van der Waals surface area contributed by atoms with Crippen molar-refractivity contribution in [1.29, 1.82) is 0 Å². The van der Waals surface area contributed by atoms with Gasteiger partial charge < -0.3 is 20.3 Å². The molecular formula is C17H28N3O5PS. The van der Waals surface area contributed by atoms with Gasteiger partial charge in [-0.2, -0.15) is 0 Å². The molecule has 0 bridgehead atoms.